The van der Waals surface area contributed by atoms with E-state index >= 15 is 0 Å². The van der Waals surface area contributed by atoms with Crippen molar-refractivity contribution in [1.82, 2.24) is 10.6 Å². The minimum Gasteiger partial charge on any atom is -0.496 e. The van der Waals surface area contributed by atoms with Crippen LogP contribution in [-0.4, -0.2) is 25.7 Å². The maximum atomic E-state index is 11.8. The van der Waals surface area contributed by atoms with Crippen LogP contribution in [0.15, 0.2) is 12.1 Å². The van der Waals surface area contributed by atoms with Gasteiger partial charge in [-0.25, -0.2) is 4.79 Å². The summed E-state index contributed by atoms with van der Waals surface area (Å²) in [5.74, 6) is 0.908. The highest BCUT2D eigenvalue weighted by Crippen LogP contribution is 2.24. The molecule has 0 saturated heterocycles. The summed E-state index contributed by atoms with van der Waals surface area (Å²) in [6, 6.07) is 4.50. The van der Waals surface area contributed by atoms with E-state index in [0.29, 0.717) is 12.6 Å². The van der Waals surface area contributed by atoms with Gasteiger partial charge >= 0.3 is 6.03 Å². The number of hydrogen-bond donors (Lipinski definition) is 2. The molecule has 0 aliphatic heterocycles. The van der Waals surface area contributed by atoms with Gasteiger partial charge in [0.05, 0.1) is 7.11 Å². The van der Waals surface area contributed by atoms with E-state index in [4.69, 9.17) is 4.74 Å². The molecular weight excluding hydrogens is 264 g/mol. The van der Waals surface area contributed by atoms with Crippen molar-refractivity contribution in [1.29, 1.82) is 0 Å². The monoisotopic (exact) mass is 290 g/mol. The molecular formula is C17H26N2O2. The molecule has 0 spiro atoms. The van der Waals surface area contributed by atoms with Crippen LogP contribution in [0.25, 0.3) is 0 Å². The van der Waals surface area contributed by atoms with Gasteiger partial charge in [-0.3, -0.25) is 0 Å². The van der Waals surface area contributed by atoms with Gasteiger partial charge in [0.15, 0.2) is 0 Å². The zero-order valence-corrected chi connectivity index (χ0v) is 13.3. The molecule has 4 nitrogen and oxygen atoms in total. The number of ether oxygens (including phenoxy) is 1. The quantitative estimate of drug-likeness (QED) is 0.875. The summed E-state index contributed by atoms with van der Waals surface area (Å²) in [6.45, 7) is 4.77. The van der Waals surface area contributed by atoms with Crippen LogP contribution in [-0.2, 0) is 6.42 Å². The van der Waals surface area contributed by atoms with E-state index in [1.807, 2.05) is 6.07 Å². The lowest BCUT2D eigenvalue weighted by Gasteiger charge is -2.15. The first kappa shape index (κ1) is 15.7. The number of methoxy groups -OCH3 is 1. The molecule has 0 radical (unpaired) electrons. The van der Waals surface area contributed by atoms with Crippen LogP contribution in [0.3, 0.4) is 0 Å². The normalized spacial score (nSPS) is 15.0. The lowest BCUT2D eigenvalue weighted by atomic mass is 10.0. The van der Waals surface area contributed by atoms with Gasteiger partial charge in [0.25, 0.3) is 0 Å². The number of aryl methyl sites for hydroxylation is 2. The summed E-state index contributed by atoms with van der Waals surface area (Å²) in [5, 5.41) is 5.98. The van der Waals surface area contributed by atoms with Crippen molar-refractivity contribution in [3.8, 4) is 5.75 Å². The van der Waals surface area contributed by atoms with E-state index in [1.54, 1.807) is 7.11 Å². The number of carbonyl (C=O) groups is 1. The molecule has 0 atom stereocenters. The third-order valence-corrected chi connectivity index (χ3v) is 4.15. The zero-order chi connectivity index (χ0) is 15.2. The van der Waals surface area contributed by atoms with Crippen LogP contribution in [0.1, 0.15) is 42.4 Å². The average Bonchev–Trinajstić information content (AvgIpc) is 2.93. The molecule has 0 bridgehead atoms. The first-order valence-corrected chi connectivity index (χ1v) is 7.78. The van der Waals surface area contributed by atoms with Crippen LogP contribution >= 0.6 is 0 Å². The fraction of sp³-hybridized carbons (Fsp3) is 0.588. The molecule has 0 aromatic heterocycles. The van der Waals surface area contributed by atoms with Crippen LogP contribution in [0.4, 0.5) is 4.79 Å². The second-order valence-electron chi connectivity index (χ2n) is 5.89. The summed E-state index contributed by atoms with van der Waals surface area (Å²) in [5.41, 5.74) is 3.58. The van der Waals surface area contributed by atoms with Crippen molar-refractivity contribution in [2.24, 2.45) is 0 Å². The van der Waals surface area contributed by atoms with Crippen molar-refractivity contribution in [2.45, 2.75) is 52.0 Å². The van der Waals surface area contributed by atoms with Gasteiger partial charge in [0, 0.05) is 12.6 Å². The summed E-state index contributed by atoms with van der Waals surface area (Å²) >= 11 is 0. The number of carbonyl (C=O) groups excluding carboxylic acids is 1. The van der Waals surface area contributed by atoms with E-state index in [1.165, 1.54) is 29.5 Å². The molecule has 1 aliphatic carbocycles. The summed E-state index contributed by atoms with van der Waals surface area (Å²) < 4.78 is 5.44. The number of urea groups is 1. The van der Waals surface area contributed by atoms with Crippen molar-refractivity contribution in [3.05, 3.63) is 28.8 Å². The van der Waals surface area contributed by atoms with E-state index in [0.717, 1.165) is 25.0 Å². The Kier molecular flexibility index (Phi) is 5.48. The highest BCUT2D eigenvalue weighted by atomic mass is 16.5. The predicted molar refractivity (Wildman–Crippen MR) is 85.0 cm³/mol. The van der Waals surface area contributed by atoms with Crippen molar-refractivity contribution >= 4 is 6.03 Å². The van der Waals surface area contributed by atoms with E-state index in [9.17, 15) is 4.79 Å². The van der Waals surface area contributed by atoms with Gasteiger partial charge in [0.1, 0.15) is 5.75 Å². The Morgan fingerprint density at radius 1 is 1.29 bits per heavy atom. The molecule has 1 fully saturated rings. The van der Waals surface area contributed by atoms with Gasteiger partial charge in [-0.2, -0.15) is 0 Å². The van der Waals surface area contributed by atoms with Crippen LogP contribution in [0.2, 0.25) is 0 Å². The largest absolute Gasteiger partial charge is 0.496 e. The number of amides is 2. The Labute approximate surface area is 127 Å². The fourth-order valence-electron chi connectivity index (χ4n) is 3.07. The summed E-state index contributed by atoms with van der Waals surface area (Å²) in [4.78, 5) is 11.8. The highest BCUT2D eigenvalue weighted by molar-refractivity contribution is 5.74. The topological polar surface area (TPSA) is 50.4 Å². The summed E-state index contributed by atoms with van der Waals surface area (Å²) in [6.07, 6.45) is 5.46. The molecule has 2 amide bonds. The average molecular weight is 290 g/mol. The minimum absolute atomic E-state index is 0.0503. The molecule has 2 rings (SSSR count). The number of rotatable bonds is 5. The lowest BCUT2D eigenvalue weighted by molar-refractivity contribution is 0.237. The Balaban J connectivity index is 1.84. The predicted octanol–water partition coefficient (Wildman–Crippen LogP) is 3.10. The zero-order valence-electron chi connectivity index (χ0n) is 13.3. The summed E-state index contributed by atoms with van der Waals surface area (Å²) in [7, 11) is 1.69. The molecule has 0 unspecified atom stereocenters. The van der Waals surface area contributed by atoms with Crippen molar-refractivity contribution in [2.75, 3.05) is 13.7 Å². The molecule has 1 aromatic carbocycles. The molecule has 1 saturated carbocycles. The molecule has 1 aromatic rings. The van der Waals surface area contributed by atoms with E-state index in [-0.39, 0.29) is 6.03 Å². The lowest BCUT2D eigenvalue weighted by Crippen LogP contribution is -2.41. The van der Waals surface area contributed by atoms with Crippen LogP contribution in [0, 0.1) is 13.8 Å². The Morgan fingerprint density at radius 2 is 2.00 bits per heavy atom. The number of hydrogen-bond acceptors (Lipinski definition) is 2. The number of benzene rings is 1. The first-order valence-electron chi connectivity index (χ1n) is 7.78. The van der Waals surface area contributed by atoms with Crippen molar-refractivity contribution in [3.63, 3.8) is 0 Å². The molecule has 1 aliphatic rings. The third-order valence-electron chi connectivity index (χ3n) is 4.15. The Hall–Kier alpha value is -1.71. The maximum Gasteiger partial charge on any atom is 0.315 e. The molecule has 116 valence electrons. The maximum absolute atomic E-state index is 11.8. The van der Waals surface area contributed by atoms with Gasteiger partial charge in [-0.1, -0.05) is 18.9 Å². The first-order chi connectivity index (χ1) is 10.1. The second-order valence-corrected chi connectivity index (χ2v) is 5.89. The standard InChI is InChI=1S/C17H26N2O2/c1-12-10-13(2)15(16(11-12)21-3)8-9-18-17(20)19-14-6-4-5-7-14/h10-11,14H,4-9H2,1-3H3,(H2,18,19,20). The van der Waals surface area contributed by atoms with Crippen LogP contribution < -0.4 is 15.4 Å². The third kappa shape index (κ3) is 4.38. The Bertz CT molecular complexity index is 494. The van der Waals surface area contributed by atoms with Crippen LogP contribution in [0.5, 0.6) is 5.75 Å². The Morgan fingerprint density at radius 3 is 2.67 bits per heavy atom. The van der Waals surface area contributed by atoms with Gasteiger partial charge in [-0.15, -0.1) is 0 Å². The van der Waals surface area contributed by atoms with Gasteiger partial charge in [-0.05, 0) is 55.9 Å². The fourth-order valence-corrected chi connectivity index (χ4v) is 3.07. The van der Waals surface area contributed by atoms with Gasteiger partial charge < -0.3 is 15.4 Å². The molecule has 4 heteroatoms. The van der Waals surface area contributed by atoms with E-state index in [2.05, 4.69) is 30.5 Å². The second kappa shape index (κ2) is 7.34. The van der Waals surface area contributed by atoms with Gasteiger partial charge in [0.2, 0.25) is 0 Å². The van der Waals surface area contributed by atoms with Crippen molar-refractivity contribution < 1.29 is 9.53 Å². The molecule has 21 heavy (non-hydrogen) atoms. The molecule has 2 N–H and O–H groups in total. The van der Waals surface area contributed by atoms with E-state index < -0.39 is 0 Å². The smallest absolute Gasteiger partial charge is 0.315 e. The highest BCUT2D eigenvalue weighted by Gasteiger charge is 2.16. The number of nitrogens with one attached hydrogen (secondary N) is 2. The minimum atomic E-state index is -0.0503. The SMILES string of the molecule is COc1cc(C)cc(C)c1CCNC(=O)NC1CCCC1. The molecule has 0 heterocycles.